The van der Waals surface area contributed by atoms with E-state index in [9.17, 15) is 8.42 Å². The Labute approximate surface area is 230 Å². The van der Waals surface area contributed by atoms with Crippen molar-refractivity contribution in [1.82, 2.24) is 13.7 Å². The summed E-state index contributed by atoms with van der Waals surface area (Å²) < 4.78 is 42.4. The van der Waals surface area contributed by atoms with Crippen LogP contribution < -0.4 is 2.89 Å². The molecule has 0 aromatic carbocycles. The molecule has 10 heteroatoms. The maximum absolute atomic E-state index is 13.6. The van der Waals surface area contributed by atoms with Crippen LogP contribution in [0.2, 0.25) is 31.4 Å². The second-order valence-electron chi connectivity index (χ2n) is 11.9. The number of sulfonamides is 1. The van der Waals surface area contributed by atoms with E-state index >= 15 is 0 Å². The third-order valence-corrected chi connectivity index (χ3v) is 33.8. The van der Waals surface area contributed by atoms with Gasteiger partial charge in [-0.05, 0) is 0 Å². The normalized spacial score (nSPS) is 13.8. The summed E-state index contributed by atoms with van der Waals surface area (Å²) in [5, 5.41) is 0.301. The van der Waals surface area contributed by atoms with Crippen molar-refractivity contribution in [2.45, 2.75) is 117 Å². The number of rotatable bonds is 16. The molecule has 2 rings (SSSR count). The molecule has 0 saturated heterocycles. The van der Waals surface area contributed by atoms with E-state index in [4.69, 9.17) is 4.43 Å². The third-order valence-electron chi connectivity index (χ3n) is 8.06. The van der Waals surface area contributed by atoms with Crippen molar-refractivity contribution in [1.29, 1.82) is 0 Å². The first-order valence-corrected chi connectivity index (χ1v) is 26.5. The van der Waals surface area contributed by atoms with Crippen LogP contribution in [0.25, 0.3) is 4.83 Å². The van der Waals surface area contributed by atoms with Gasteiger partial charge in [-0.25, -0.2) is 0 Å². The van der Waals surface area contributed by atoms with Crippen LogP contribution in [0.15, 0.2) is 17.6 Å². The number of nitrogens with zero attached hydrogens (tertiary/aromatic N) is 3. The van der Waals surface area contributed by atoms with E-state index < -0.39 is 36.7 Å². The molecule has 6 nitrogen and oxygen atoms in total. The SMILES string of the molecule is CCC[CH2][Sn]([CH2]CCC)([CH2]CCC)[c]1cn2cnc(S(=O)(=O)N(C)CCO[Si](C)(C)C(C)(C)C)c2s1. The molecule has 0 bridgehead atoms. The summed E-state index contributed by atoms with van der Waals surface area (Å²) in [4.78, 5) is 5.17. The van der Waals surface area contributed by atoms with Gasteiger partial charge in [-0.3, -0.25) is 0 Å². The predicted molar refractivity (Wildman–Crippen MR) is 161 cm³/mol. The van der Waals surface area contributed by atoms with Crippen LogP contribution in [0, 0.1) is 0 Å². The van der Waals surface area contributed by atoms with Crippen molar-refractivity contribution in [2.24, 2.45) is 0 Å². The molecule has 0 radical (unpaired) electrons. The molecule has 208 valence electrons. The monoisotopic (exact) mass is 665 g/mol. The molecular weight excluding hydrogens is 613 g/mol. The molecule has 0 aliphatic carbocycles. The van der Waals surface area contributed by atoms with Crippen molar-refractivity contribution < 1.29 is 12.8 Å². The maximum atomic E-state index is 13.6. The number of hydrogen-bond donors (Lipinski definition) is 0. The van der Waals surface area contributed by atoms with Crippen molar-refractivity contribution in [2.75, 3.05) is 20.2 Å². The summed E-state index contributed by atoms with van der Waals surface area (Å²) in [6, 6.07) is 0. The van der Waals surface area contributed by atoms with Crippen molar-refractivity contribution in [3.05, 3.63) is 12.5 Å². The van der Waals surface area contributed by atoms with E-state index in [-0.39, 0.29) is 10.1 Å². The zero-order valence-electron chi connectivity index (χ0n) is 24.3. The summed E-state index contributed by atoms with van der Waals surface area (Å²) >= 11 is -0.911. The Bertz CT molecular complexity index is 1040. The van der Waals surface area contributed by atoms with Gasteiger partial charge in [0.2, 0.25) is 0 Å². The van der Waals surface area contributed by atoms with Gasteiger partial charge in [0.05, 0.1) is 0 Å². The molecule has 36 heavy (non-hydrogen) atoms. The summed E-state index contributed by atoms with van der Waals surface area (Å²) in [7, 11) is -3.96. The zero-order chi connectivity index (χ0) is 27.2. The van der Waals surface area contributed by atoms with Crippen LogP contribution in [0.3, 0.4) is 0 Å². The van der Waals surface area contributed by atoms with Crippen LogP contribution in [0.1, 0.15) is 80.1 Å². The van der Waals surface area contributed by atoms with Gasteiger partial charge in [-0.2, -0.15) is 0 Å². The van der Waals surface area contributed by atoms with E-state index in [1.807, 2.05) is 4.40 Å². The second kappa shape index (κ2) is 13.4. The van der Waals surface area contributed by atoms with Crippen LogP contribution in [0.4, 0.5) is 0 Å². The molecule has 0 unspecified atom stereocenters. The molecule has 2 aromatic heterocycles. The van der Waals surface area contributed by atoms with Crippen LogP contribution in [-0.2, 0) is 14.4 Å². The average Bonchev–Trinajstić information content (AvgIpc) is 3.39. The van der Waals surface area contributed by atoms with Gasteiger partial charge in [0.15, 0.2) is 0 Å². The van der Waals surface area contributed by atoms with Gasteiger partial charge in [-0.1, -0.05) is 0 Å². The standard InChI is InChI=1S/C14H24N3O3S2Si.3C4H9.Sn/c1-14(2,3)23(5,6)20-9-7-16(4)22(18,19)12-13-17(11-15-12)8-10-21-13;3*1-3-4-2;/h8,11H,7,9H2,1-6H3;3*1,3-4H2,2H3;. The Hall–Kier alpha value is 0.0556. The molecule has 0 spiro atoms. The number of imidazole rings is 1. The van der Waals surface area contributed by atoms with E-state index in [2.05, 4.69) is 65.8 Å². The molecule has 2 heterocycles. The summed E-state index contributed by atoms with van der Waals surface area (Å²) in [5.74, 6) is 0. The molecule has 0 atom stereocenters. The van der Waals surface area contributed by atoms with Crippen molar-refractivity contribution in [3.63, 3.8) is 0 Å². The number of unbranched alkanes of at least 4 members (excludes halogenated alkanes) is 3. The molecule has 0 aliphatic heterocycles. The quantitative estimate of drug-likeness (QED) is 0.180. The number of hydrogen-bond acceptors (Lipinski definition) is 5. The first-order valence-electron chi connectivity index (χ1n) is 13.8. The molecule has 0 N–H and O–H groups in total. The molecule has 0 saturated carbocycles. The van der Waals surface area contributed by atoms with Crippen LogP contribution in [-0.4, -0.2) is 69.0 Å². The van der Waals surface area contributed by atoms with Crippen LogP contribution >= 0.6 is 11.3 Å². The Morgan fingerprint density at radius 3 is 2.06 bits per heavy atom. The van der Waals surface area contributed by atoms with E-state index in [0.29, 0.717) is 13.2 Å². The van der Waals surface area contributed by atoms with Crippen molar-refractivity contribution in [3.8, 4) is 0 Å². The topological polar surface area (TPSA) is 63.9 Å². The molecular formula is C26H51N3O3S2SiSn. The third kappa shape index (κ3) is 7.58. The predicted octanol–water partition coefficient (Wildman–Crippen LogP) is 7.09. The van der Waals surface area contributed by atoms with E-state index in [1.165, 1.54) is 59.0 Å². The fourth-order valence-corrected chi connectivity index (χ4v) is 26.9. The van der Waals surface area contributed by atoms with Gasteiger partial charge in [0.1, 0.15) is 0 Å². The van der Waals surface area contributed by atoms with Gasteiger partial charge >= 0.3 is 232 Å². The Morgan fingerprint density at radius 2 is 1.58 bits per heavy atom. The molecule has 0 fully saturated rings. The summed E-state index contributed by atoms with van der Waals surface area (Å²) in [5.41, 5.74) is 0. The Balaban J connectivity index is 2.34. The molecule has 2 aromatic rings. The van der Waals surface area contributed by atoms with E-state index in [1.54, 1.807) is 24.7 Å². The number of fused-ring (bicyclic) bond motifs is 1. The van der Waals surface area contributed by atoms with Crippen LogP contribution in [0.5, 0.6) is 0 Å². The van der Waals surface area contributed by atoms with Gasteiger partial charge < -0.3 is 0 Å². The minimum atomic E-state index is -3.69. The molecule has 0 amide bonds. The van der Waals surface area contributed by atoms with E-state index in [0.717, 1.165) is 4.83 Å². The zero-order valence-corrected chi connectivity index (χ0v) is 29.8. The first-order chi connectivity index (χ1) is 16.8. The fraction of sp³-hybridized carbons (Fsp3) is 0.808. The van der Waals surface area contributed by atoms with Gasteiger partial charge in [-0.15, -0.1) is 0 Å². The average molecular weight is 665 g/mol. The number of thiazole rings is 1. The Kier molecular flexibility index (Phi) is 12.0. The minimum absolute atomic E-state index is 0.0968. The number of likely N-dealkylation sites (N-methyl/N-ethyl adjacent to an activating group) is 1. The summed E-state index contributed by atoms with van der Waals surface area (Å²) in [6.07, 6.45) is 11.5. The number of aromatic nitrogens is 2. The Morgan fingerprint density at radius 1 is 1.06 bits per heavy atom. The van der Waals surface area contributed by atoms with Crippen molar-refractivity contribution >= 4 is 55.8 Å². The summed E-state index contributed by atoms with van der Waals surface area (Å²) in [6.45, 7) is 18.6. The van der Waals surface area contributed by atoms with Gasteiger partial charge in [0, 0.05) is 0 Å². The molecule has 0 aliphatic rings. The second-order valence-corrected chi connectivity index (χ2v) is 33.8. The fourth-order valence-electron chi connectivity index (χ4n) is 4.40. The first kappa shape index (κ1) is 32.3. The van der Waals surface area contributed by atoms with Gasteiger partial charge in [0.25, 0.3) is 0 Å².